The van der Waals surface area contributed by atoms with Gasteiger partial charge in [-0.2, -0.15) is 0 Å². The van der Waals surface area contributed by atoms with Crippen molar-refractivity contribution in [3.63, 3.8) is 0 Å². The molecule has 5 heteroatoms. The Morgan fingerprint density at radius 2 is 1.90 bits per heavy atom. The average Bonchev–Trinajstić information content (AvgIpc) is 2.47. The number of pyridine rings is 1. The van der Waals surface area contributed by atoms with Gasteiger partial charge in [0.1, 0.15) is 11.4 Å². The Morgan fingerprint density at radius 3 is 2.50 bits per heavy atom. The first-order chi connectivity index (χ1) is 9.60. The van der Waals surface area contributed by atoms with Crippen LogP contribution in [0.2, 0.25) is 0 Å². The number of aromatic nitrogens is 1. The van der Waals surface area contributed by atoms with Crippen LogP contribution in [0, 0.1) is 0 Å². The quantitative estimate of drug-likeness (QED) is 0.507. The summed E-state index contributed by atoms with van der Waals surface area (Å²) >= 11 is 0. The van der Waals surface area contributed by atoms with Crippen molar-refractivity contribution in [2.75, 3.05) is 0 Å². The van der Waals surface area contributed by atoms with Gasteiger partial charge in [-0.1, -0.05) is 12.1 Å². The maximum absolute atomic E-state index is 11.5. The lowest BCUT2D eigenvalue weighted by molar-refractivity contribution is 0.0948. The predicted molar refractivity (Wildman–Crippen MR) is 77.1 cm³/mol. The van der Waals surface area contributed by atoms with Crippen LogP contribution < -0.4 is 16.0 Å². The summed E-state index contributed by atoms with van der Waals surface area (Å²) < 4.78 is 5.59. The number of hydrazine groups is 1. The van der Waals surface area contributed by atoms with E-state index in [0.717, 1.165) is 16.9 Å². The third kappa shape index (κ3) is 3.33. The molecule has 0 aliphatic heterocycles. The number of benzene rings is 1. The summed E-state index contributed by atoms with van der Waals surface area (Å²) in [4.78, 5) is 15.4. The minimum absolute atomic E-state index is 0.140. The van der Waals surface area contributed by atoms with Crippen molar-refractivity contribution >= 4 is 5.91 Å². The van der Waals surface area contributed by atoms with Crippen molar-refractivity contribution in [3.05, 3.63) is 48.3 Å². The number of nitrogen functional groups attached to an aromatic ring is 1. The molecule has 3 N–H and O–H groups in total. The van der Waals surface area contributed by atoms with E-state index in [2.05, 4.69) is 10.4 Å². The maximum Gasteiger partial charge on any atom is 0.283 e. The van der Waals surface area contributed by atoms with Crippen molar-refractivity contribution in [2.24, 2.45) is 5.84 Å². The second kappa shape index (κ2) is 6.16. The fourth-order valence-corrected chi connectivity index (χ4v) is 1.81. The number of carbonyl (C=O) groups excluding carboxylic acids is 1. The largest absolute Gasteiger partial charge is 0.491 e. The van der Waals surface area contributed by atoms with Gasteiger partial charge < -0.3 is 4.74 Å². The Hall–Kier alpha value is -2.40. The van der Waals surface area contributed by atoms with Gasteiger partial charge in [-0.15, -0.1) is 0 Å². The first kappa shape index (κ1) is 14.0. The Morgan fingerprint density at radius 1 is 1.20 bits per heavy atom. The monoisotopic (exact) mass is 271 g/mol. The molecule has 1 amide bonds. The summed E-state index contributed by atoms with van der Waals surface area (Å²) in [6.45, 7) is 3.96. The number of rotatable bonds is 4. The number of hydrogen-bond donors (Lipinski definition) is 2. The predicted octanol–water partition coefficient (Wildman–Crippen LogP) is 2.14. The molecule has 0 saturated carbocycles. The summed E-state index contributed by atoms with van der Waals surface area (Å²) in [7, 11) is 0. The summed E-state index contributed by atoms with van der Waals surface area (Å²) in [5, 5.41) is 0. The standard InChI is InChI=1S/C15H17N3O2/c1-10(2)20-13-5-3-11(4-6-13)12-7-8-17-14(9-12)15(19)18-16/h3-10H,16H2,1-2H3,(H,18,19). The third-order valence-electron chi connectivity index (χ3n) is 2.68. The molecule has 2 aromatic rings. The molecule has 0 saturated heterocycles. The SMILES string of the molecule is CC(C)Oc1ccc(-c2ccnc(C(=O)NN)c2)cc1. The fraction of sp³-hybridized carbons (Fsp3) is 0.200. The number of nitrogens with zero attached hydrogens (tertiary/aromatic N) is 1. The topological polar surface area (TPSA) is 77.2 Å². The van der Waals surface area contributed by atoms with Gasteiger partial charge in [0.05, 0.1) is 6.10 Å². The van der Waals surface area contributed by atoms with Crippen LogP contribution in [0.5, 0.6) is 5.75 Å². The van der Waals surface area contributed by atoms with Gasteiger partial charge in [-0.3, -0.25) is 15.2 Å². The van der Waals surface area contributed by atoms with Crippen LogP contribution in [0.1, 0.15) is 24.3 Å². The zero-order valence-electron chi connectivity index (χ0n) is 11.5. The van der Waals surface area contributed by atoms with Gasteiger partial charge in [0.25, 0.3) is 5.91 Å². The maximum atomic E-state index is 11.5. The van der Waals surface area contributed by atoms with Crippen molar-refractivity contribution in [1.82, 2.24) is 10.4 Å². The summed E-state index contributed by atoms with van der Waals surface area (Å²) in [6, 6.07) is 11.2. The van der Waals surface area contributed by atoms with Crippen molar-refractivity contribution in [1.29, 1.82) is 0 Å². The Labute approximate surface area is 117 Å². The minimum atomic E-state index is -0.411. The smallest absolute Gasteiger partial charge is 0.283 e. The molecule has 104 valence electrons. The van der Waals surface area contributed by atoms with E-state index in [-0.39, 0.29) is 11.8 Å². The van der Waals surface area contributed by atoms with E-state index in [4.69, 9.17) is 10.6 Å². The number of amides is 1. The van der Waals surface area contributed by atoms with Crippen LogP contribution in [-0.4, -0.2) is 17.0 Å². The second-order valence-corrected chi connectivity index (χ2v) is 4.59. The number of nitrogens with two attached hydrogens (primary N) is 1. The van der Waals surface area contributed by atoms with Crippen LogP contribution in [-0.2, 0) is 0 Å². The molecule has 0 radical (unpaired) electrons. The fourth-order valence-electron chi connectivity index (χ4n) is 1.81. The van der Waals surface area contributed by atoms with Gasteiger partial charge in [0, 0.05) is 6.20 Å². The molecule has 0 aliphatic rings. The van der Waals surface area contributed by atoms with E-state index in [1.54, 1.807) is 12.3 Å². The van der Waals surface area contributed by atoms with Crippen LogP contribution in [0.25, 0.3) is 11.1 Å². The molecule has 0 fully saturated rings. The first-order valence-corrected chi connectivity index (χ1v) is 6.34. The molecule has 0 bridgehead atoms. The van der Waals surface area contributed by atoms with E-state index in [0.29, 0.717) is 0 Å². The number of carbonyl (C=O) groups is 1. The zero-order valence-corrected chi connectivity index (χ0v) is 11.5. The van der Waals surface area contributed by atoms with Crippen LogP contribution in [0.15, 0.2) is 42.6 Å². The molecule has 0 aliphatic carbocycles. The van der Waals surface area contributed by atoms with Crippen molar-refractivity contribution in [2.45, 2.75) is 20.0 Å². The number of hydrogen-bond acceptors (Lipinski definition) is 4. The Balaban J connectivity index is 2.25. The Bertz CT molecular complexity index is 594. The molecular formula is C15H17N3O2. The Kier molecular flexibility index (Phi) is 4.32. The van der Waals surface area contributed by atoms with Crippen LogP contribution in [0.4, 0.5) is 0 Å². The van der Waals surface area contributed by atoms with Crippen LogP contribution in [0.3, 0.4) is 0 Å². The van der Waals surface area contributed by atoms with Gasteiger partial charge in [-0.05, 0) is 49.2 Å². The van der Waals surface area contributed by atoms with Crippen molar-refractivity contribution < 1.29 is 9.53 Å². The molecular weight excluding hydrogens is 254 g/mol. The summed E-state index contributed by atoms with van der Waals surface area (Å²) in [5.41, 5.74) is 4.23. The summed E-state index contributed by atoms with van der Waals surface area (Å²) in [6.07, 6.45) is 1.72. The lowest BCUT2D eigenvalue weighted by Crippen LogP contribution is -2.30. The van der Waals surface area contributed by atoms with Gasteiger partial charge in [0.15, 0.2) is 0 Å². The molecule has 0 unspecified atom stereocenters. The van der Waals surface area contributed by atoms with E-state index in [1.165, 1.54) is 0 Å². The zero-order chi connectivity index (χ0) is 14.5. The minimum Gasteiger partial charge on any atom is -0.491 e. The van der Waals surface area contributed by atoms with Gasteiger partial charge in [0.2, 0.25) is 0 Å². The average molecular weight is 271 g/mol. The molecule has 2 rings (SSSR count). The number of nitrogens with one attached hydrogen (secondary N) is 1. The highest BCUT2D eigenvalue weighted by atomic mass is 16.5. The van der Waals surface area contributed by atoms with E-state index in [1.807, 2.05) is 44.2 Å². The molecule has 0 atom stereocenters. The van der Waals surface area contributed by atoms with Crippen LogP contribution >= 0.6 is 0 Å². The van der Waals surface area contributed by atoms with Gasteiger partial charge >= 0.3 is 0 Å². The van der Waals surface area contributed by atoms with E-state index in [9.17, 15) is 4.79 Å². The highest BCUT2D eigenvalue weighted by molar-refractivity contribution is 5.93. The second-order valence-electron chi connectivity index (χ2n) is 4.59. The summed E-state index contributed by atoms with van der Waals surface area (Å²) in [5.74, 6) is 5.51. The van der Waals surface area contributed by atoms with E-state index >= 15 is 0 Å². The molecule has 20 heavy (non-hydrogen) atoms. The van der Waals surface area contributed by atoms with E-state index < -0.39 is 5.91 Å². The molecule has 5 nitrogen and oxygen atoms in total. The highest BCUT2D eigenvalue weighted by Gasteiger charge is 2.07. The normalized spacial score (nSPS) is 10.4. The third-order valence-corrected chi connectivity index (χ3v) is 2.68. The van der Waals surface area contributed by atoms with Gasteiger partial charge in [-0.25, -0.2) is 5.84 Å². The lowest BCUT2D eigenvalue weighted by atomic mass is 10.1. The molecule has 0 spiro atoms. The lowest BCUT2D eigenvalue weighted by Gasteiger charge is -2.10. The molecule has 1 aromatic heterocycles. The number of ether oxygens (including phenoxy) is 1. The highest BCUT2D eigenvalue weighted by Crippen LogP contribution is 2.23. The van der Waals surface area contributed by atoms with Crippen molar-refractivity contribution in [3.8, 4) is 16.9 Å². The molecule has 1 heterocycles. The first-order valence-electron chi connectivity index (χ1n) is 6.34. The molecule has 1 aromatic carbocycles.